The second-order valence-corrected chi connectivity index (χ2v) is 5.77. The minimum Gasteiger partial charge on any atom is -0.507 e. The fraction of sp³-hybridized carbons (Fsp3) is 0.368. The maximum Gasteiger partial charge on any atom is 0.166 e. The number of hydrogen-bond acceptors (Lipinski definition) is 8. The number of aromatic nitrogens is 6. The van der Waals surface area contributed by atoms with Gasteiger partial charge in [0.25, 0.3) is 0 Å². The van der Waals surface area contributed by atoms with Gasteiger partial charge in [0, 0.05) is 5.56 Å². The van der Waals surface area contributed by atoms with Crippen molar-refractivity contribution in [3.05, 3.63) is 48.8 Å². The monoisotopic (exact) mass is 368 g/mol. The van der Waals surface area contributed by atoms with E-state index in [2.05, 4.69) is 37.3 Å². The average molecular weight is 368 g/mol. The summed E-state index contributed by atoms with van der Waals surface area (Å²) in [4.78, 5) is 11.9. The van der Waals surface area contributed by atoms with Crippen LogP contribution in [-0.4, -0.2) is 42.1 Å². The first kappa shape index (κ1) is 20.2. The lowest BCUT2D eigenvalue weighted by atomic mass is 10.1. The van der Waals surface area contributed by atoms with E-state index in [-0.39, 0.29) is 5.75 Å². The Balaban J connectivity index is 0.000000369. The molecule has 0 fully saturated rings. The smallest absolute Gasteiger partial charge is 0.166 e. The van der Waals surface area contributed by atoms with Gasteiger partial charge in [-0.2, -0.15) is 0 Å². The molecule has 27 heavy (non-hydrogen) atoms. The Bertz CT molecular complexity index is 760. The zero-order valence-corrected chi connectivity index (χ0v) is 15.6. The molecule has 0 bridgehead atoms. The molecule has 3 aromatic rings. The Morgan fingerprint density at radius 1 is 1.00 bits per heavy atom. The standard InChI is InChI=1S/C16H21N3O2.C3H3N3/c1-3-4-5-6-9-21-14-8-7-13(15(20)12(14)2)16-18-10-17-11-19-16;1-2-4-6-5-3-1/h7-8,10-11,20H,3-6,9H2,1-2H3;1-3H. The summed E-state index contributed by atoms with van der Waals surface area (Å²) in [6, 6.07) is 5.35. The topological polar surface area (TPSA) is 107 Å². The molecule has 0 saturated heterocycles. The Morgan fingerprint density at radius 3 is 2.33 bits per heavy atom. The van der Waals surface area contributed by atoms with Crippen LogP contribution in [-0.2, 0) is 0 Å². The minimum absolute atomic E-state index is 0.159. The number of hydrogen-bond donors (Lipinski definition) is 1. The summed E-state index contributed by atoms with van der Waals surface area (Å²) in [5.74, 6) is 1.33. The molecule has 0 amide bonds. The van der Waals surface area contributed by atoms with Crippen LogP contribution in [0.4, 0.5) is 0 Å². The second-order valence-electron chi connectivity index (χ2n) is 5.77. The molecule has 1 N–H and O–H groups in total. The molecule has 0 radical (unpaired) electrons. The molecule has 0 aliphatic heterocycles. The highest BCUT2D eigenvalue weighted by molar-refractivity contribution is 5.68. The van der Waals surface area contributed by atoms with E-state index in [0.717, 1.165) is 6.42 Å². The van der Waals surface area contributed by atoms with E-state index in [1.807, 2.05) is 13.0 Å². The van der Waals surface area contributed by atoms with Crippen LogP contribution < -0.4 is 4.74 Å². The van der Waals surface area contributed by atoms with E-state index in [1.54, 1.807) is 24.5 Å². The van der Waals surface area contributed by atoms with Crippen molar-refractivity contribution in [1.29, 1.82) is 0 Å². The molecule has 8 nitrogen and oxygen atoms in total. The van der Waals surface area contributed by atoms with Crippen molar-refractivity contribution in [2.75, 3.05) is 6.61 Å². The molecule has 8 heteroatoms. The van der Waals surface area contributed by atoms with Crippen LogP contribution in [0.15, 0.2) is 43.2 Å². The highest BCUT2D eigenvalue weighted by Crippen LogP contribution is 2.35. The summed E-state index contributed by atoms with van der Waals surface area (Å²) in [6.07, 6.45) is 10.6. The fourth-order valence-corrected chi connectivity index (χ4v) is 2.31. The summed E-state index contributed by atoms with van der Waals surface area (Å²) in [6.45, 7) is 4.69. The Hall–Kier alpha value is -3.16. The van der Waals surface area contributed by atoms with Gasteiger partial charge in [-0.05, 0) is 36.8 Å². The molecule has 0 aliphatic rings. The SMILES string of the molecule is CCCCCCOc1ccc(-c2ncncn2)c(O)c1C.c1cnnnc1. The molecule has 3 rings (SSSR count). The van der Waals surface area contributed by atoms with Crippen LogP contribution >= 0.6 is 0 Å². The lowest BCUT2D eigenvalue weighted by molar-refractivity contribution is 0.301. The fourth-order valence-electron chi connectivity index (χ4n) is 2.31. The summed E-state index contributed by atoms with van der Waals surface area (Å²) >= 11 is 0. The number of ether oxygens (including phenoxy) is 1. The predicted octanol–water partition coefficient (Wildman–Crippen LogP) is 3.38. The van der Waals surface area contributed by atoms with Crippen LogP contribution in [0.2, 0.25) is 0 Å². The maximum absolute atomic E-state index is 10.3. The van der Waals surface area contributed by atoms with Crippen molar-refractivity contribution < 1.29 is 9.84 Å². The normalized spacial score (nSPS) is 10.0. The first-order valence-electron chi connectivity index (χ1n) is 8.90. The van der Waals surface area contributed by atoms with Gasteiger partial charge < -0.3 is 9.84 Å². The van der Waals surface area contributed by atoms with Crippen molar-refractivity contribution >= 4 is 0 Å². The van der Waals surface area contributed by atoms with Gasteiger partial charge in [0.1, 0.15) is 24.2 Å². The number of aromatic hydroxyl groups is 1. The van der Waals surface area contributed by atoms with E-state index < -0.39 is 0 Å². The Morgan fingerprint density at radius 2 is 1.74 bits per heavy atom. The van der Waals surface area contributed by atoms with Gasteiger partial charge in [-0.3, -0.25) is 0 Å². The Labute approximate surface area is 158 Å². The van der Waals surface area contributed by atoms with Crippen LogP contribution in [0.25, 0.3) is 11.4 Å². The molecule has 0 spiro atoms. The first-order valence-corrected chi connectivity index (χ1v) is 8.90. The highest BCUT2D eigenvalue weighted by atomic mass is 16.5. The summed E-state index contributed by atoms with van der Waals surface area (Å²) in [7, 11) is 0. The predicted molar refractivity (Wildman–Crippen MR) is 101 cm³/mol. The van der Waals surface area contributed by atoms with Gasteiger partial charge >= 0.3 is 0 Å². The van der Waals surface area contributed by atoms with Crippen LogP contribution in [0, 0.1) is 6.92 Å². The van der Waals surface area contributed by atoms with E-state index in [9.17, 15) is 5.11 Å². The third kappa shape index (κ3) is 6.58. The van der Waals surface area contributed by atoms with Gasteiger partial charge in [-0.25, -0.2) is 15.0 Å². The molecular formula is C19H24N6O2. The van der Waals surface area contributed by atoms with E-state index in [0.29, 0.717) is 29.3 Å². The molecule has 2 heterocycles. The van der Waals surface area contributed by atoms with Gasteiger partial charge in [-0.15, -0.1) is 10.2 Å². The molecule has 1 aromatic carbocycles. The number of rotatable bonds is 7. The molecule has 0 unspecified atom stereocenters. The van der Waals surface area contributed by atoms with Gasteiger partial charge in [0.2, 0.25) is 0 Å². The quantitative estimate of drug-likeness (QED) is 0.633. The van der Waals surface area contributed by atoms with Crippen molar-refractivity contribution in [3.8, 4) is 22.9 Å². The van der Waals surface area contributed by atoms with Gasteiger partial charge in [-0.1, -0.05) is 26.2 Å². The third-order valence-electron chi connectivity index (χ3n) is 3.78. The Kier molecular flexibility index (Phi) is 8.55. The molecular weight excluding hydrogens is 344 g/mol. The summed E-state index contributed by atoms with van der Waals surface area (Å²) < 4.78 is 5.74. The molecule has 0 aliphatic carbocycles. The summed E-state index contributed by atoms with van der Waals surface area (Å²) in [5, 5.41) is 20.4. The zero-order valence-electron chi connectivity index (χ0n) is 15.6. The zero-order chi connectivity index (χ0) is 19.3. The molecule has 142 valence electrons. The van der Waals surface area contributed by atoms with Crippen LogP contribution in [0.5, 0.6) is 11.5 Å². The lowest BCUT2D eigenvalue weighted by Crippen LogP contribution is -2.00. The molecule has 2 aromatic heterocycles. The number of unbranched alkanes of at least 4 members (excludes halogenated alkanes) is 3. The number of nitrogens with zero attached hydrogens (tertiary/aromatic N) is 6. The minimum atomic E-state index is 0.159. The van der Waals surface area contributed by atoms with Crippen LogP contribution in [0.1, 0.15) is 38.2 Å². The van der Waals surface area contributed by atoms with Gasteiger partial charge in [0.15, 0.2) is 5.82 Å². The van der Waals surface area contributed by atoms with Crippen molar-refractivity contribution in [2.45, 2.75) is 39.5 Å². The van der Waals surface area contributed by atoms with Crippen molar-refractivity contribution in [2.24, 2.45) is 0 Å². The van der Waals surface area contributed by atoms with E-state index >= 15 is 0 Å². The van der Waals surface area contributed by atoms with Crippen LogP contribution in [0.3, 0.4) is 0 Å². The second kappa shape index (κ2) is 11.5. The van der Waals surface area contributed by atoms with Gasteiger partial charge in [0.05, 0.1) is 24.6 Å². The van der Waals surface area contributed by atoms with Crippen molar-refractivity contribution in [1.82, 2.24) is 30.4 Å². The largest absolute Gasteiger partial charge is 0.507 e. The van der Waals surface area contributed by atoms with E-state index in [4.69, 9.17) is 4.74 Å². The summed E-state index contributed by atoms with van der Waals surface area (Å²) in [5.41, 5.74) is 1.30. The van der Waals surface area contributed by atoms with E-state index in [1.165, 1.54) is 31.9 Å². The maximum atomic E-state index is 10.3. The van der Waals surface area contributed by atoms with Crippen molar-refractivity contribution in [3.63, 3.8) is 0 Å². The highest BCUT2D eigenvalue weighted by Gasteiger charge is 2.13. The third-order valence-corrected chi connectivity index (χ3v) is 3.78. The average Bonchev–Trinajstić information content (AvgIpc) is 2.73. The number of phenols is 1. The number of phenolic OH excluding ortho intramolecular Hbond substituents is 1. The number of benzene rings is 1. The molecule has 0 saturated carbocycles. The molecule has 0 atom stereocenters. The first-order chi connectivity index (χ1) is 13.2. The lowest BCUT2D eigenvalue weighted by Gasteiger charge is -2.12.